The molecule has 1 saturated heterocycles. The average Bonchev–Trinajstić information content (AvgIpc) is 2.20. The van der Waals surface area contributed by atoms with Crippen molar-refractivity contribution in [3.8, 4) is 0 Å². The third-order valence-electron chi connectivity index (χ3n) is 1.53. The van der Waals surface area contributed by atoms with Crippen LogP contribution in [0.15, 0.2) is 0 Å². The Morgan fingerprint density at radius 3 is 2.60 bits per heavy atom. The van der Waals surface area contributed by atoms with Crippen molar-refractivity contribution in [2.45, 2.75) is 0 Å². The lowest BCUT2D eigenvalue weighted by atomic mass is 10.5. The van der Waals surface area contributed by atoms with Crippen LogP contribution in [0.5, 0.6) is 0 Å². The van der Waals surface area contributed by atoms with E-state index in [4.69, 9.17) is 11.6 Å². The first-order valence-electron chi connectivity index (χ1n) is 3.27. The number of amides is 2. The van der Waals surface area contributed by atoms with Crippen molar-refractivity contribution in [2.75, 3.05) is 26.2 Å². The van der Waals surface area contributed by atoms with E-state index in [1.807, 2.05) is 0 Å². The second kappa shape index (κ2) is 2.85. The number of carbonyl (C=O) groups excluding carboxylic acids is 1. The van der Waals surface area contributed by atoms with E-state index < -0.39 is 0 Å². The summed E-state index contributed by atoms with van der Waals surface area (Å²) in [6.07, 6.45) is 0. The van der Waals surface area contributed by atoms with Gasteiger partial charge in [0.2, 0.25) is 0 Å². The van der Waals surface area contributed by atoms with Gasteiger partial charge in [0.25, 0.3) is 0 Å². The number of urea groups is 1. The highest BCUT2D eigenvalue weighted by molar-refractivity contribution is 5.75. The van der Waals surface area contributed by atoms with E-state index in [1.165, 1.54) is 5.01 Å². The number of hydrogen-bond donors (Lipinski definition) is 2. The van der Waals surface area contributed by atoms with Crippen LogP contribution in [0.3, 0.4) is 0 Å². The van der Waals surface area contributed by atoms with Crippen molar-refractivity contribution < 1.29 is 4.79 Å². The molecule has 1 aliphatic heterocycles. The predicted molar refractivity (Wildman–Crippen MR) is 36.9 cm³/mol. The van der Waals surface area contributed by atoms with Crippen LogP contribution >= 0.6 is 0 Å². The van der Waals surface area contributed by atoms with Gasteiger partial charge in [0, 0.05) is 19.6 Å². The third-order valence-corrected chi connectivity index (χ3v) is 1.53. The Labute approximate surface area is 59.5 Å². The van der Waals surface area contributed by atoms with Crippen molar-refractivity contribution >= 4 is 6.03 Å². The molecule has 0 saturated carbocycles. The molecular weight excluding hydrogens is 132 g/mol. The summed E-state index contributed by atoms with van der Waals surface area (Å²) in [5.41, 5.74) is 5.26. The first kappa shape index (κ1) is 7.30. The molecule has 1 fully saturated rings. The molecule has 4 N–H and O–H groups in total. The highest BCUT2D eigenvalue weighted by atomic mass is 16.2. The monoisotopic (exact) mass is 144 g/mol. The average molecular weight is 144 g/mol. The zero-order valence-corrected chi connectivity index (χ0v) is 5.79. The highest BCUT2D eigenvalue weighted by Crippen LogP contribution is 2.01. The van der Waals surface area contributed by atoms with Crippen LogP contribution in [0.25, 0.3) is 0 Å². The molecule has 0 radical (unpaired) electrons. The maximum Gasteiger partial charge on any atom is 0.334 e. The number of hydrazine groups is 1. The molecule has 10 heavy (non-hydrogen) atoms. The molecule has 0 unspecified atom stereocenters. The summed E-state index contributed by atoms with van der Waals surface area (Å²) in [4.78, 5) is 12.6. The zero-order valence-electron chi connectivity index (χ0n) is 5.79. The molecular formula is C5H12N4O. The van der Waals surface area contributed by atoms with Gasteiger partial charge in [0.15, 0.2) is 0 Å². The maximum absolute atomic E-state index is 11.0. The van der Waals surface area contributed by atoms with E-state index in [2.05, 4.69) is 0 Å². The van der Waals surface area contributed by atoms with Crippen molar-refractivity contribution in [1.29, 1.82) is 0 Å². The summed E-state index contributed by atoms with van der Waals surface area (Å²) < 4.78 is 0. The quantitative estimate of drug-likeness (QED) is 0.368. The summed E-state index contributed by atoms with van der Waals surface area (Å²) in [7, 11) is 0. The van der Waals surface area contributed by atoms with E-state index in [0.717, 1.165) is 0 Å². The Kier molecular flexibility index (Phi) is 2.08. The minimum atomic E-state index is -0.120. The standard InChI is InChI=1S/C5H12N4O/c6-1-2-8-3-4-9(7)5(8)10/h1-4,6-7H2. The van der Waals surface area contributed by atoms with Crippen molar-refractivity contribution in [2.24, 2.45) is 11.6 Å². The third kappa shape index (κ3) is 1.19. The fourth-order valence-corrected chi connectivity index (χ4v) is 0.965. The van der Waals surface area contributed by atoms with Gasteiger partial charge < -0.3 is 10.6 Å². The van der Waals surface area contributed by atoms with Crippen LogP contribution in [0.1, 0.15) is 0 Å². The van der Waals surface area contributed by atoms with Gasteiger partial charge in [0.05, 0.1) is 6.54 Å². The van der Waals surface area contributed by atoms with E-state index in [1.54, 1.807) is 4.90 Å². The fraction of sp³-hybridized carbons (Fsp3) is 0.800. The number of carbonyl (C=O) groups is 1. The maximum atomic E-state index is 11.0. The van der Waals surface area contributed by atoms with Crippen LogP contribution in [-0.2, 0) is 0 Å². The minimum Gasteiger partial charge on any atom is -0.329 e. The summed E-state index contributed by atoms with van der Waals surface area (Å²) >= 11 is 0. The second-order valence-electron chi connectivity index (χ2n) is 2.25. The normalized spacial score (nSPS) is 18.8. The number of rotatable bonds is 2. The van der Waals surface area contributed by atoms with Crippen molar-refractivity contribution in [3.05, 3.63) is 0 Å². The molecule has 0 aliphatic carbocycles. The number of nitrogens with two attached hydrogens (primary N) is 2. The van der Waals surface area contributed by atoms with Crippen LogP contribution < -0.4 is 11.6 Å². The predicted octanol–water partition coefficient (Wildman–Crippen LogP) is -1.44. The molecule has 0 aromatic rings. The first-order chi connectivity index (χ1) is 4.75. The molecule has 5 nitrogen and oxygen atoms in total. The molecule has 0 bridgehead atoms. The van der Waals surface area contributed by atoms with E-state index in [-0.39, 0.29) is 6.03 Å². The van der Waals surface area contributed by atoms with E-state index >= 15 is 0 Å². The topological polar surface area (TPSA) is 75.6 Å². The summed E-state index contributed by atoms with van der Waals surface area (Å²) in [5.74, 6) is 5.30. The lowest BCUT2D eigenvalue weighted by Crippen LogP contribution is -2.38. The molecule has 1 heterocycles. The molecule has 0 spiro atoms. The van der Waals surface area contributed by atoms with Crippen LogP contribution in [0.2, 0.25) is 0 Å². The smallest absolute Gasteiger partial charge is 0.329 e. The molecule has 0 aromatic carbocycles. The molecule has 5 heteroatoms. The summed E-state index contributed by atoms with van der Waals surface area (Å²) in [5, 5.41) is 1.20. The highest BCUT2D eigenvalue weighted by Gasteiger charge is 2.24. The number of hydrogen-bond acceptors (Lipinski definition) is 3. The second-order valence-corrected chi connectivity index (χ2v) is 2.25. The van der Waals surface area contributed by atoms with Crippen molar-refractivity contribution in [1.82, 2.24) is 9.91 Å². The Bertz CT molecular complexity index is 136. The molecule has 1 aliphatic rings. The van der Waals surface area contributed by atoms with E-state index in [0.29, 0.717) is 26.2 Å². The van der Waals surface area contributed by atoms with Crippen LogP contribution in [0.4, 0.5) is 4.79 Å². The number of nitrogens with zero attached hydrogens (tertiary/aromatic N) is 2. The molecule has 2 amide bonds. The Balaban J connectivity index is 2.41. The lowest BCUT2D eigenvalue weighted by Gasteiger charge is -2.13. The van der Waals surface area contributed by atoms with Gasteiger partial charge in [-0.05, 0) is 0 Å². The van der Waals surface area contributed by atoms with Gasteiger partial charge in [-0.1, -0.05) is 0 Å². The Morgan fingerprint density at radius 2 is 2.20 bits per heavy atom. The summed E-state index contributed by atoms with van der Waals surface area (Å²) in [6.45, 7) is 2.41. The fourth-order valence-electron chi connectivity index (χ4n) is 0.965. The Hall–Kier alpha value is -0.810. The molecule has 0 atom stereocenters. The van der Waals surface area contributed by atoms with Gasteiger partial charge in [-0.15, -0.1) is 0 Å². The summed E-state index contributed by atoms with van der Waals surface area (Å²) in [6, 6.07) is -0.120. The zero-order chi connectivity index (χ0) is 7.56. The Morgan fingerprint density at radius 1 is 1.50 bits per heavy atom. The molecule has 58 valence electrons. The lowest BCUT2D eigenvalue weighted by molar-refractivity contribution is 0.193. The largest absolute Gasteiger partial charge is 0.334 e. The van der Waals surface area contributed by atoms with Crippen LogP contribution in [0, 0.1) is 0 Å². The molecule has 1 rings (SSSR count). The van der Waals surface area contributed by atoms with Crippen LogP contribution in [-0.4, -0.2) is 42.1 Å². The molecule has 0 aromatic heterocycles. The van der Waals surface area contributed by atoms with Gasteiger partial charge in [-0.25, -0.2) is 10.6 Å². The minimum absolute atomic E-state index is 0.120. The van der Waals surface area contributed by atoms with Gasteiger partial charge in [0.1, 0.15) is 0 Å². The van der Waals surface area contributed by atoms with Crippen molar-refractivity contribution in [3.63, 3.8) is 0 Å². The van der Waals surface area contributed by atoms with Gasteiger partial charge in [-0.3, -0.25) is 5.01 Å². The van der Waals surface area contributed by atoms with E-state index in [9.17, 15) is 4.79 Å². The first-order valence-corrected chi connectivity index (χ1v) is 3.27. The van der Waals surface area contributed by atoms with Gasteiger partial charge >= 0.3 is 6.03 Å². The SMILES string of the molecule is NCCN1CCN(N)C1=O. The van der Waals surface area contributed by atoms with Gasteiger partial charge in [-0.2, -0.15) is 0 Å².